The minimum absolute atomic E-state index is 0.0508. The van der Waals surface area contributed by atoms with Crippen molar-refractivity contribution in [3.05, 3.63) is 98.8 Å². The Hall–Kier alpha value is -3.59. The van der Waals surface area contributed by atoms with E-state index in [0.29, 0.717) is 33.6 Å². The molecule has 2 aromatic carbocycles. The Bertz CT molecular complexity index is 1350. The molecule has 0 fully saturated rings. The van der Waals surface area contributed by atoms with E-state index in [1.165, 1.54) is 0 Å². The molecule has 0 aliphatic carbocycles. The Kier molecular flexibility index (Phi) is 6.50. The van der Waals surface area contributed by atoms with Crippen molar-refractivity contribution in [1.29, 1.82) is 5.26 Å². The van der Waals surface area contributed by atoms with E-state index in [1.807, 2.05) is 36.4 Å². The minimum atomic E-state index is -0.580. The molecule has 0 radical (unpaired) electrons. The maximum absolute atomic E-state index is 13.2. The average molecular weight is 477 g/mol. The van der Waals surface area contributed by atoms with E-state index in [0.717, 1.165) is 16.0 Å². The zero-order chi connectivity index (χ0) is 23.5. The first-order chi connectivity index (χ1) is 15.9. The first-order valence-corrected chi connectivity index (χ1v) is 10.9. The Balaban J connectivity index is 1.65. The normalized spacial score (nSPS) is 15.3. The maximum Gasteiger partial charge on any atom is 0.271 e. The summed E-state index contributed by atoms with van der Waals surface area (Å²) in [5, 5.41) is 10.4. The van der Waals surface area contributed by atoms with Gasteiger partial charge in [-0.05, 0) is 60.9 Å². The van der Waals surface area contributed by atoms with Gasteiger partial charge in [0.2, 0.25) is 0 Å². The van der Waals surface area contributed by atoms with Crippen molar-refractivity contribution >= 4 is 41.1 Å². The number of hydrogen-bond donors (Lipinski definition) is 0. The molecule has 2 heterocycles. The minimum Gasteiger partial charge on any atom is -0.457 e. The second kappa shape index (κ2) is 9.50. The standard InChI is InChI=1S/C26H18Cl2N2O3/c1-16-20(14-19-8-10-24(33-19)18-7-9-22(27)23(28)13-18)25(31)30(26(32)21(16)15-29)12-11-17-5-3-2-4-6-17/h2-10,13-14H,11-12H2,1H3/b20-14+. The van der Waals surface area contributed by atoms with Crippen molar-refractivity contribution in [2.24, 2.45) is 0 Å². The van der Waals surface area contributed by atoms with Gasteiger partial charge in [-0.25, -0.2) is 0 Å². The molecule has 0 bridgehead atoms. The summed E-state index contributed by atoms with van der Waals surface area (Å²) in [4.78, 5) is 27.1. The van der Waals surface area contributed by atoms with E-state index >= 15 is 0 Å². The van der Waals surface area contributed by atoms with Crippen LogP contribution in [-0.2, 0) is 16.0 Å². The number of carbonyl (C=O) groups excluding carboxylic acids is 2. The van der Waals surface area contributed by atoms with Crippen LogP contribution in [0.3, 0.4) is 0 Å². The van der Waals surface area contributed by atoms with E-state index in [-0.39, 0.29) is 17.7 Å². The van der Waals surface area contributed by atoms with Crippen LogP contribution < -0.4 is 0 Å². The molecule has 4 rings (SSSR count). The summed E-state index contributed by atoms with van der Waals surface area (Å²) in [6, 6.07) is 20.1. The first-order valence-electron chi connectivity index (χ1n) is 10.2. The van der Waals surface area contributed by atoms with Gasteiger partial charge in [-0.1, -0.05) is 53.5 Å². The molecule has 0 N–H and O–H groups in total. The number of carbonyl (C=O) groups is 2. The van der Waals surface area contributed by atoms with Gasteiger partial charge in [0.05, 0.1) is 10.0 Å². The fraction of sp³-hybridized carbons (Fsp3) is 0.115. The van der Waals surface area contributed by atoms with Crippen molar-refractivity contribution < 1.29 is 14.0 Å². The van der Waals surface area contributed by atoms with Gasteiger partial charge in [0.25, 0.3) is 11.8 Å². The van der Waals surface area contributed by atoms with Gasteiger partial charge >= 0.3 is 0 Å². The van der Waals surface area contributed by atoms with Crippen molar-refractivity contribution in [1.82, 2.24) is 4.90 Å². The number of nitriles is 1. The summed E-state index contributed by atoms with van der Waals surface area (Å²) in [5.74, 6) is -0.0832. The quantitative estimate of drug-likeness (QED) is 0.329. The number of halogens is 2. The van der Waals surface area contributed by atoms with Crippen LogP contribution in [0.5, 0.6) is 0 Å². The largest absolute Gasteiger partial charge is 0.457 e. The third-order valence-electron chi connectivity index (χ3n) is 5.41. The molecule has 2 amide bonds. The second-order valence-electron chi connectivity index (χ2n) is 7.50. The smallest absolute Gasteiger partial charge is 0.271 e. The summed E-state index contributed by atoms with van der Waals surface area (Å²) in [6.07, 6.45) is 2.05. The summed E-state index contributed by atoms with van der Waals surface area (Å²) in [7, 11) is 0. The molecule has 0 unspecified atom stereocenters. The molecule has 1 aromatic heterocycles. The van der Waals surface area contributed by atoms with E-state index < -0.39 is 11.8 Å². The number of hydrogen-bond acceptors (Lipinski definition) is 4. The average Bonchev–Trinajstić information content (AvgIpc) is 3.28. The van der Waals surface area contributed by atoms with Gasteiger partial charge in [0.15, 0.2) is 0 Å². The number of amides is 2. The molecular formula is C26H18Cl2N2O3. The zero-order valence-electron chi connectivity index (χ0n) is 17.6. The lowest BCUT2D eigenvalue weighted by molar-refractivity contribution is -0.140. The molecule has 3 aromatic rings. The highest BCUT2D eigenvalue weighted by Gasteiger charge is 2.35. The van der Waals surface area contributed by atoms with E-state index in [1.54, 1.807) is 43.3 Å². The molecule has 7 heteroatoms. The van der Waals surface area contributed by atoms with E-state index in [9.17, 15) is 14.9 Å². The van der Waals surface area contributed by atoms with Crippen LogP contribution in [0.25, 0.3) is 17.4 Å². The maximum atomic E-state index is 13.2. The van der Waals surface area contributed by atoms with Crippen molar-refractivity contribution in [2.75, 3.05) is 6.54 Å². The molecular weight excluding hydrogens is 459 g/mol. The topological polar surface area (TPSA) is 74.3 Å². The molecule has 0 spiro atoms. The van der Waals surface area contributed by atoms with Gasteiger partial charge in [0.1, 0.15) is 23.2 Å². The van der Waals surface area contributed by atoms with Crippen LogP contribution in [0.15, 0.2) is 81.8 Å². The summed E-state index contributed by atoms with van der Waals surface area (Å²) in [5.41, 5.74) is 2.25. The van der Waals surface area contributed by atoms with Gasteiger partial charge < -0.3 is 4.42 Å². The van der Waals surface area contributed by atoms with Gasteiger partial charge in [0, 0.05) is 17.7 Å². The third kappa shape index (κ3) is 4.63. The van der Waals surface area contributed by atoms with Crippen LogP contribution in [0.2, 0.25) is 10.0 Å². The lowest BCUT2D eigenvalue weighted by Crippen LogP contribution is -2.43. The first kappa shape index (κ1) is 22.6. The lowest BCUT2D eigenvalue weighted by Gasteiger charge is -2.27. The van der Waals surface area contributed by atoms with Crippen LogP contribution >= 0.6 is 23.2 Å². The van der Waals surface area contributed by atoms with E-state index in [4.69, 9.17) is 27.6 Å². The highest BCUT2D eigenvalue weighted by molar-refractivity contribution is 6.42. The SMILES string of the molecule is CC1=C(C#N)C(=O)N(CCc2ccccc2)C(=O)/C1=C/c1ccc(-c2ccc(Cl)c(Cl)c2)o1. The molecule has 0 saturated carbocycles. The van der Waals surface area contributed by atoms with Gasteiger partial charge in [-0.2, -0.15) is 5.26 Å². The molecule has 1 aliphatic heterocycles. The molecule has 0 atom stereocenters. The van der Waals surface area contributed by atoms with Crippen molar-refractivity contribution in [2.45, 2.75) is 13.3 Å². The summed E-state index contributed by atoms with van der Waals surface area (Å²) in [6.45, 7) is 1.77. The van der Waals surface area contributed by atoms with Crippen molar-refractivity contribution in [3.63, 3.8) is 0 Å². The number of nitrogens with zero attached hydrogens (tertiary/aromatic N) is 2. The molecule has 164 valence electrons. The zero-order valence-corrected chi connectivity index (χ0v) is 19.2. The van der Waals surface area contributed by atoms with Crippen LogP contribution in [-0.4, -0.2) is 23.3 Å². The highest BCUT2D eigenvalue weighted by atomic mass is 35.5. The Morgan fingerprint density at radius 1 is 1.00 bits per heavy atom. The van der Waals surface area contributed by atoms with Crippen molar-refractivity contribution in [3.8, 4) is 17.4 Å². The lowest BCUT2D eigenvalue weighted by atomic mass is 9.94. The molecule has 0 saturated heterocycles. The number of benzene rings is 2. The molecule has 33 heavy (non-hydrogen) atoms. The fourth-order valence-corrected chi connectivity index (χ4v) is 3.89. The second-order valence-corrected chi connectivity index (χ2v) is 8.31. The Labute approximate surface area is 201 Å². The molecule has 5 nitrogen and oxygen atoms in total. The predicted octanol–water partition coefficient (Wildman–Crippen LogP) is 6.09. The van der Waals surface area contributed by atoms with E-state index in [2.05, 4.69) is 0 Å². The fourth-order valence-electron chi connectivity index (χ4n) is 3.60. The monoisotopic (exact) mass is 476 g/mol. The van der Waals surface area contributed by atoms with Crippen LogP contribution in [0.1, 0.15) is 18.2 Å². The van der Waals surface area contributed by atoms with Crippen LogP contribution in [0.4, 0.5) is 0 Å². The Morgan fingerprint density at radius 2 is 1.76 bits per heavy atom. The highest BCUT2D eigenvalue weighted by Crippen LogP contribution is 2.32. The third-order valence-corrected chi connectivity index (χ3v) is 6.15. The predicted molar refractivity (Wildman–Crippen MR) is 127 cm³/mol. The number of imide groups is 1. The van der Waals surface area contributed by atoms with Gasteiger partial charge in [-0.15, -0.1) is 0 Å². The summed E-state index contributed by atoms with van der Waals surface area (Å²) < 4.78 is 5.88. The number of furan rings is 1. The summed E-state index contributed by atoms with van der Waals surface area (Å²) >= 11 is 12.1. The molecule has 1 aliphatic rings. The Morgan fingerprint density at radius 3 is 2.45 bits per heavy atom. The van der Waals surface area contributed by atoms with Crippen LogP contribution in [0, 0.1) is 11.3 Å². The van der Waals surface area contributed by atoms with Gasteiger partial charge in [-0.3, -0.25) is 14.5 Å². The number of rotatable bonds is 5.